The molecule has 0 atom stereocenters. The van der Waals surface area contributed by atoms with Gasteiger partial charge < -0.3 is 14.9 Å². The third kappa shape index (κ3) is 4.44. The van der Waals surface area contributed by atoms with E-state index in [1.807, 2.05) is 0 Å². The number of methoxy groups -OCH3 is 1. The van der Waals surface area contributed by atoms with Crippen molar-refractivity contribution in [1.82, 2.24) is 0 Å². The lowest BCUT2D eigenvalue weighted by Crippen LogP contribution is -2.04. The van der Waals surface area contributed by atoms with Crippen molar-refractivity contribution in [2.24, 2.45) is 0 Å². The van der Waals surface area contributed by atoms with Crippen LogP contribution in [0.15, 0.2) is 48.5 Å². The summed E-state index contributed by atoms with van der Waals surface area (Å²) in [4.78, 5) is 23.2. The lowest BCUT2D eigenvalue weighted by molar-refractivity contribution is -0.139. The van der Waals surface area contributed by atoms with E-state index < -0.39 is 0 Å². The highest BCUT2D eigenvalue weighted by Gasteiger charge is 2.05. The van der Waals surface area contributed by atoms with Crippen LogP contribution in [0, 0.1) is 0 Å². The number of phenols is 2. The number of ketones is 1. The number of hydrogen-bond donors (Lipinski definition) is 2. The zero-order valence-electron chi connectivity index (χ0n) is 12.5. The average Bonchev–Trinajstić information content (AvgIpc) is 2.56. The Kier molecular flexibility index (Phi) is 5.15. The Labute approximate surface area is 133 Å². The first-order chi connectivity index (χ1) is 11.0. The summed E-state index contributed by atoms with van der Waals surface area (Å²) in [5.41, 5.74) is 1.84. The van der Waals surface area contributed by atoms with Gasteiger partial charge in [-0.3, -0.25) is 9.59 Å². The van der Waals surface area contributed by atoms with Gasteiger partial charge in [-0.15, -0.1) is 0 Å². The van der Waals surface area contributed by atoms with Gasteiger partial charge in [-0.25, -0.2) is 0 Å². The number of aromatic hydroxyl groups is 2. The maximum absolute atomic E-state index is 12.1. The predicted molar refractivity (Wildman–Crippen MR) is 85.3 cm³/mol. The molecule has 0 spiro atoms. The predicted octanol–water partition coefficient (Wildman–Crippen LogP) is 2.71. The summed E-state index contributed by atoms with van der Waals surface area (Å²) < 4.78 is 4.58. The van der Waals surface area contributed by atoms with E-state index in [4.69, 9.17) is 0 Å². The highest BCUT2D eigenvalue weighted by Crippen LogP contribution is 2.25. The van der Waals surface area contributed by atoms with Crippen LogP contribution in [-0.2, 0) is 16.0 Å². The molecule has 0 aliphatic heterocycles. The first kappa shape index (κ1) is 16.3. The minimum absolute atomic E-state index is 0.160. The van der Waals surface area contributed by atoms with E-state index in [2.05, 4.69) is 4.74 Å². The summed E-state index contributed by atoms with van der Waals surface area (Å²) in [6.45, 7) is 0. The van der Waals surface area contributed by atoms with Crippen LogP contribution in [0.3, 0.4) is 0 Å². The van der Waals surface area contributed by atoms with E-state index in [1.54, 1.807) is 36.4 Å². The van der Waals surface area contributed by atoms with E-state index in [-0.39, 0.29) is 29.7 Å². The average molecular weight is 312 g/mol. The van der Waals surface area contributed by atoms with Crippen LogP contribution in [0.1, 0.15) is 21.5 Å². The second kappa shape index (κ2) is 7.26. The van der Waals surface area contributed by atoms with E-state index in [0.717, 1.165) is 5.56 Å². The quantitative estimate of drug-likeness (QED) is 0.384. The maximum Gasteiger partial charge on any atom is 0.309 e. The lowest BCUT2D eigenvalue weighted by Gasteiger charge is -2.01. The molecule has 0 aromatic heterocycles. The van der Waals surface area contributed by atoms with Gasteiger partial charge in [-0.2, -0.15) is 0 Å². The number of carbonyl (C=O) groups is 2. The monoisotopic (exact) mass is 312 g/mol. The molecule has 118 valence electrons. The normalized spacial score (nSPS) is 10.7. The zero-order valence-corrected chi connectivity index (χ0v) is 12.5. The number of esters is 1. The van der Waals surface area contributed by atoms with Crippen molar-refractivity contribution < 1.29 is 24.5 Å². The van der Waals surface area contributed by atoms with Gasteiger partial charge in [0, 0.05) is 5.56 Å². The number of rotatable bonds is 5. The molecule has 2 aromatic rings. The van der Waals surface area contributed by atoms with Gasteiger partial charge in [0.2, 0.25) is 0 Å². The number of ether oxygens (including phenoxy) is 1. The molecule has 0 unspecified atom stereocenters. The molecule has 5 heteroatoms. The first-order valence-electron chi connectivity index (χ1n) is 6.90. The lowest BCUT2D eigenvalue weighted by atomic mass is 10.1. The minimum Gasteiger partial charge on any atom is -0.504 e. The third-order valence-corrected chi connectivity index (χ3v) is 3.24. The second-order valence-corrected chi connectivity index (χ2v) is 4.90. The molecule has 0 heterocycles. The van der Waals surface area contributed by atoms with Crippen molar-refractivity contribution >= 4 is 17.8 Å². The summed E-state index contributed by atoms with van der Waals surface area (Å²) >= 11 is 0. The molecule has 2 rings (SSSR count). The van der Waals surface area contributed by atoms with Crippen LogP contribution in [0.25, 0.3) is 6.08 Å². The van der Waals surface area contributed by atoms with Crippen molar-refractivity contribution in [3.63, 3.8) is 0 Å². The van der Waals surface area contributed by atoms with Crippen molar-refractivity contribution in [1.29, 1.82) is 0 Å². The molecule has 5 nitrogen and oxygen atoms in total. The molecular weight excluding hydrogens is 296 g/mol. The standard InChI is InChI=1S/C18H16O5/c1-23-18(22)11-13-2-6-14(7-3-13)15(19)8-4-12-5-9-16(20)17(21)10-12/h2-10,20-21H,11H2,1H3. The number of phenolic OH excluding ortho intramolecular Hbond substituents is 2. The molecule has 0 radical (unpaired) electrons. The summed E-state index contributed by atoms with van der Waals surface area (Å²) in [5.74, 6) is -1.00. The molecule has 23 heavy (non-hydrogen) atoms. The topological polar surface area (TPSA) is 83.8 Å². The Balaban J connectivity index is 2.06. The Morgan fingerprint density at radius 1 is 1.04 bits per heavy atom. The Hall–Kier alpha value is -3.08. The Bertz CT molecular complexity index is 745. The fraction of sp³-hybridized carbons (Fsp3) is 0.111. The van der Waals surface area contributed by atoms with Gasteiger partial charge in [-0.05, 0) is 29.3 Å². The molecule has 0 saturated carbocycles. The van der Waals surface area contributed by atoms with Crippen LogP contribution >= 0.6 is 0 Å². The number of carbonyl (C=O) groups excluding carboxylic acids is 2. The first-order valence-corrected chi connectivity index (χ1v) is 6.90. The molecule has 2 aromatic carbocycles. The van der Waals surface area contributed by atoms with E-state index >= 15 is 0 Å². The molecule has 0 amide bonds. The molecule has 0 bridgehead atoms. The SMILES string of the molecule is COC(=O)Cc1ccc(C(=O)C=Cc2ccc(O)c(O)c2)cc1. The van der Waals surface area contributed by atoms with Crippen molar-refractivity contribution in [3.8, 4) is 11.5 Å². The molecular formula is C18H16O5. The molecule has 2 N–H and O–H groups in total. The summed E-state index contributed by atoms with van der Waals surface area (Å²) in [6, 6.07) is 11.0. The van der Waals surface area contributed by atoms with Gasteiger partial charge in [0.1, 0.15) is 0 Å². The highest BCUT2D eigenvalue weighted by molar-refractivity contribution is 6.06. The molecule has 0 saturated heterocycles. The van der Waals surface area contributed by atoms with Crippen molar-refractivity contribution in [3.05, 3.63) is 65.2 Å². The van der Waals surface area contributed by atoms with E-state index in [9.17, 15) is 19.8 Å². The minimum atomic E-state index is -0.337. The largest absolute Gasteiger partial charge is 0.504 e. The van der Waals surface area contributed by atoms with Crippen molar-refractivity contribution in [2.75, 3.05) is 7.11 Å². The number of allylic oxidation sites excluding steroid dienone is 1. The van der Waals surface area contributed by atoms with Gasteiger partial charge in [0.25, 0.3) is 0 Å². The summed E-state index contributed by atoms with van der Waals surface area (Å²) in [5, 5.41) is 18.6. The molecule has 0 aliphatic carbocycles. The van der Waals surface area contributed by atoms with Crippen molar-refractivity contribution in [2.45, 2.75) is 6.42 Å². The highest BCUT2D eigenvalue weighted by atomic mass is 16.5. The van der Waals surface area contributed by atoms with Crippen LogP contribution in [0.2, 0.25) is 0 Å². The Morgan fingerprint density at radius 3 is 2.35 bits per heavy atom. The smallest absolute Gasteiger partial charge is 0.309 e. The number of hydrogen-bond acceptors (Lipinski definition) is 5. The summed E-state index contributed by atoms with van der Waals surface area (Å²) in [6.07, 6.45) is 3.08. The van der Waals surface area contributed by atoms with E-state index in [1.165, 1.54) is 25.3 Å². The van der Waals surface area contributed by atoms with Gasteiger partial charge in [0.15, 0.2) is 17.3 Å². The van der Waals surface area contributed by atoms with Gasteiger partial charge >= 0.3 is 5.97 Å². The van der Waals surface area contributed by atoms with Crippen LogP contribution in [-0.4, -0.2) is 29.1 Å². The van der Waals surface area contributed by atoms with Crippen LogP contribution in [0.4, 0.5) is 0 Å². The second-order valence-electron chi connectivity index (χ2n) is 4.90. The molecule has 0 fully saturated rings. The van der Waals surface area contributed by atoms with E-state index in [0.29, 0.717) is 11.1 Å². The fourth-order valence-electron chi connectivity index (χ4n) is 1.94. The van der Waals surface area contributed by atoms with Crippen LogP contribution < -0.4 is 0 Å². The van der Waals surface area contributed by atoms with Gasteiger partial charge in [-0.1, -0.05) is 36.4 Å². The third-order valence-electron chi connectivity index (χ3n) is 3.24. The fourth-order valence-corrected chi connectivity index (χ4v) is 1.94. The Morgan fingerprint density at radius 2 is 1.74 bits per heavy atom. The zero-order chi connectivity index (χ0) is 16.8. The maximum atomic E-state index is 12.1. The summed E-state index contributed by atoms with van der Waals surface area (Å²) in [7, 11) is 1.33. The number of benzene rings is 2. The van der Waals surface area contributed by atoms with Crippen LogP contribution in [0.5, 0.6) is 11.5 Å². The van der Waals surface area contributed by atoms with Gasteiger partial charge in [0.05, 0.1) is 13.5 Å². The molecule has 0 aliphatic rings.